The second-order valence-corrected chi connectivity index (χ2v) is 8.41. The van der Waals surface area contributed by atoms with Gasteiger partial charge >= 0.3 is 0 Å². The molecule has 0 aliphatic carbocycles. The Labute approximate surface area is 196 Å². The number of fused-ring (bicyclic) bond motifs is 1. The zero-order chi connectivity index (χ0) is 23.7. The molecule has 1 fully saturated rings. The Morgan fingerprint density at radius 3 is 2.53 bits per heavy atom. The van der Waals surface area contributed by atoms with Gasteiger partial charge in [0, 0.05) is 36.8 Å². The van der Waals surface area contributed by atoms with Crippen LogP contribution in [-0.2, 0) is 11.3 Å². The van der Waals surface area contributed by atoms with E-state index in [-0.39, 0.29) is 28.9 Å². The number of ether oxygens (including phenoxy) is 1. The number of hydrogen-bond donors (Lipinski definition) is 1. The van der Waals surface area contributed by atoms with E-state index in [1.54, 1.807) is 48.8 Å². The van der Waals surface area contributed by atoms with Crippen molar-refractivity contribution in [3.05, 3.63) is 88.5 Å². The molecule has 8 heteroatoms. The predicted octanol–water partition coefficient (Wildman–Crippen LogP) is 3.77. The number of Topliss-reactive ketones (excluding diaryl/α,β-unsaturated/α-hetero) is 1. The molecule has 0 aromatic heterocycles. The van der Waals surface area contributed by atoms with Crippen LogP contribution in [0.5, 0.6) is 0 Å². The van der Waals surface area contributed by atoms with Crippen molar-refractivity contribution < 1.29 is 14.3 Å². The number of ketones is 1. The summed E-state index contributed by atoms with van der Waals surface area (Å²) in [5.74, 6) is -0.438. The van der Waals surface area contributed by atoms with Gasteiger partial charge in [-0.1, -0.05) is 18.2 Å². The zero-order valence-corrected chi connectivity index (χ0v) is 18.7. The van der Waals surface area contributed by atoms with Crippen LogP contribution in [0.15, 0.2) is 71.8 Å². The van der Waals surface area contributed by atoms with Crippen LogP contribution in [0.4, 0.5) is 5.69 Å². The second-order valence-electron chi connectivity index (χ2n) is 8.41. The quantitative estimate of drug-likeness (QED) is 0.446. The zero-order valence-electron chi connectivity index (χ0n) is 18.7. The normalized spacial score (nSPS) is 15.5. The number of aromatic nitrogens is 3. The van der Waals surface area contributed by atoms with Crippen LogP contribution < -0.4 is 10.9 Å². The van der Waals surface area contributed by atoms with E-state index in [1.165, 1.54) is 11.6 Å². The molecule has 34 heavy (non-hydrogen) atoms. The number of amides is 1. The molecule has 1 N–H and O–H groups in total. The monoisotopic (exact) mass is 456 g/mol. The van der Waals surface area contributed by atoms with E-state index in [0.717, 1.165) is 19.4 Å². The molecular formula is C26H24N4O4. The van der Waals surface area contributed by atoms with Crippen molar-refractivity contribution in [3.8, 4) is 16.9 Å². The first-order chi connectivity index (χ1) is 16.5. The van der Waals surface area contributed by atoms with E-state index in [2.05, 4.69) is 10.4 Å². The van der Waals surface area contributed by atoms with Gasteiger partial charge in [0.2, 0.25) is 0 Å². The van der Waals surface area contributed by atoms with Crippen molar-refractivity contribution in [1.82, 2.24) is 14.3 Å². The van der Waals surface area contributed by atoms with E-state index < -0.39 is 0 Å². The summed E-state index contributed by atoms with van der Waals surface area (Å²) in [6, 6.07) is 15.8. The maximum absolute atomic E-state index is 13.3. The minimum absolute atomic E-state index is 0.0387. The number of carbonyl (C=O) groups is 2. The number of nitrogens with one attached hydrogen (secondary N) is 1. The molecule has 3 aliphatic heterocycles. The minimum Gasteiger partial charge on any atom is -0.376 e. The number of anilines is 1. The van der Waals surface area contributed by atoms with Crippen LogP contribution in [0.2, 0.25) is 0 Å². The lowest BCUT2D eigenvalue weighted by Gasteiger charge is -2.16. The molecule has 2 aromatic rings. The Balaban J connectivity index is 1.55. The van der Waals surface area contributed by atoms with E-state index in [9.17, 15) is 14.4 Å². The molecule has 3 heterocycles. The van der Waals surface area contributed by atoms with Crippen molar-refractivity contribution in [2.24, 2.45) is 0 Å². The highest BCUT2D eigenvalue weighted by molar-refractivity contribution is 6.08. The Bertz CT molecular complexity index is 1370. The lowest BCUT2D eigenvalue weighted by molar-refractivity contribution is 0.0961. The van der Waals surface area contributed by atoms with Crippen molar-refractivity contribution in [1.29, 1.82) is 0 Å². The number of nitrogens with zero attached hydrogens (tertiary/aromatic N) is 3. The molecule has 172 valence electrons. The Kier molecular flexibility index (Phi) is 5.81. The van der Waals surface area contributed by atoms with Crippen molar-refractivity contribution in [3.63, 3.8) is 0 Å². The molecule has 0 spiro atoms. The molecule has 2 aromatic carbocycles. The first-order valence-electron chi connectivity index (χ1n) is 11.2. The number of pyridine rings is 1. The summed E-state index contributed by atoms with van der Waals surface area (Å²) in [6.07, 6.45) is 5.42. The highest BCUT2D eigenvalue weighted by Crippen LogP contribution is 2.25. The number of carbonyl (C=O) groups excluding carboxylic acids is 2. The second kappa shape index (κ2) is 9.07. The molecule has 0 unspecified atom stereocenters. The predicted molar refractivity (Wildman–Crippen MR) is 128 cm³/mol. The summed E-state index contributed by atoms with van der Waals surface area (Å²) in [4.78, 5) is 38.1. The van der Waals surface area contributed by atoms with Crippen LogP contribution in [0.3, 0.4) is 0 Å². The molecule has 1 amide bonds. The van der Waals surface area contributed by atoms with Crippen LogP contribution in [0.1, 0.15) is 40.5 Å². The lowest BCUT2D eigenvalue weighted by Crippen LogP contribution is -2.20. The third kappa shape index (κ3) is 4.27. The molecule has 0 saturated carbocycles. The number of rotatable bonds is 6. The number of para-hydroxylation sites is 1. The maximum Gasteiger partial charge on any atom is 0.282 e. The molecule has 0 bridgehead atoms. The largest absolute Gasteiger partial charge is 0.376 e. The first-order valence-corrected chi connectivity index (χ1v) is 11.2. The van der Waals surface area contributed by atoms with Crippen molar-refractivity contribution in [2.75, 3.05) is 11.9 Å². The fourth-order valence-corrected chi connectivity index (χ4v) is 4.19. The Morgan fingerprint density at radius 2 is 1.85 bits per heavy atom. The average molecular weight is 457 g/mol. The van der Waals surface area contributed by atoms with Gasteiger partial charge in [-0.3, -0.25) is 14.4 Å². The first kappa shape index (κ1) is 21.8. The Hall–Kier alpha value is -4.04. The summed E-state index contributed by atoms with van der Waals surface area (Å²) < 4.78 is 8.91. The summed E-state index contributed by atoms with van der Waals surface area (Å²) in [6.45, 7) is 2.75. The van der Waals surface area contributed by atoms with E-state index in [0.29, 0.717) is 34.7 Å². The van der Waals surface area contributed by atoms with E-state index in [4.69, 9.17) is 4.74 Å². The van der Waals surface area contributed by atoms with Gasteiger partial charge in [-0.25, -0.2) is 0 Å². The topological polar surface area (TPSA) is 95.2 Å². The molecule has 1 atom stereocenters. The lowest BCUT2D eigenvalue weighted by atomic mass is 10.1. The minimum atomic E-state index is -0.389. The smallest absolute Gasteiger partial charge is 0.282 e. The van der Waals surface area contributed by atoms with Gasteiger partial charge < -0.3 is 14.6 Å². The fraction of sp³-hybridized carbons (Fsp3) is 0.231. The maximum atomic E-state index is 13.3. The van der Waals surface area contributed by atoms with Crippen molar-refractivity contribution in [2.45, 2.75) is 32.4 Å². The highest BCUT2D eigenvalue weighted by atomic mass is 16.5. The SMILES string of the molecule is CC(=O)c1ccc(NC(=O)c2cn(C[C@@H]3CCCO3)cc3c(=O)n(-c4ccccc4)nc2-3)cc1. The van der Waals surface area contributed by atoms with Crippen LogP contribution >= 0.6 is 0 Å². The fourth-order valence-electron chi connectivity index (χ4n) is 4.19. The van der Waals surface area contributed by atoms with Crippen LogP contribution in [0, 0.1) is 0 Å². The summed E-state index contributed by atoms with van der Waals surface area (Å²) in [7, 11) is 0. The standard InChI is InChI=1S/C26H24N4O4/c1-17(31)18-9-11-19(12-10-18)27-25(32)22-15-29(14-21-8-5-13-34-21)16-23-24(22)28-30(26(23)33)20-6-3-2-4-7-20/h2-4,6-7,9-12,15-16,21H,5,8,13-14H2,1H3,(H,27,32)/t21-/m0/s1. The Morgan fingerprint density at radius 1 is 1.09 bits per heavy atom. The highest BCUT2D eigenvalue weighted by Gasteiger charge is 2.26. The van der Waals surface area contributed by atoms with E-state index in [1.807, 2.05) is 22.8 Å². The number of benzene rings is 2. The summed E-state index contributed by atoms with van der Waals surface area (Å²) in [5, 5.41) is 7.37. The van der Waals surface area contributed by atoms with E-state index >= 15 is 0 Å². The third-order valence-electron chi connectivity index (χ3n) is 5.96. The molecule has 0 radical (unpaired) electrons. The van der Waals surface area contributed by atoms with Gasteiger partial charge in [0.25, 0.3) is 11.5 Å². The van der Waals surface area contributed by atoms with Crippen LogP contribution in [0.25, 0.3) is 16.9 Å². The van der Waals surface area contributed by atoms with Crippen molar-refractivity contribution >= 4 is 17.4 Å². The molecule has 8 nitrogen and oxygen atoms in total. The molecule has 3 aliphatic rings. The van der Waals surface area contributed by atoms with Gasteiger partial charge in [-0.15, -0.1) is 0 Å². The summed E-state index contributed by atoms with van der Waals surface area (Å²) in [5.41, 5.74) is 2.42. The third-order valence-corrected chi connectivity index (χ3v) is 5.96. The molecular weight excluding hydrogens is 432 g/mol. The van der Waals surface area contributed by atoms with Gasteiger partial charge in [0.1, 0.15) is 5.69 Å². The van der Waals surface area contributed by atoms with Gasteiger partial charge in [0.05, 0.1) is 22.9 Å². The van der Waals surface area contributed by atoms with Gasteiger partial charge in [-0.05, 0) is 56.2 Å². The summed E-state index contributed by atoms with van der Waals surface area (Å²) >= 11 is 0. The average Bonchev–Trinajstić information content (AvgIpc) is 3.47. The van der Waals surface area contributed by atoms with Gasteiger partial charge in [0.15, 0.2) is 5.78 Å². The molecule has 1 saturated heterocycles. The molecule has 5 rings (SSSR count). The number of hydrogen-bond acceptors (Lipinski definition) is 5. The van der Waals surface area contributed by atoms with Gasteiger partial charge in [-0.2, -0.15) is 9.78 Å². The van der Waals surface area contributed by atoms with Crippen LogP contribution in [-0.4, -0.2) is 38.7 Å².